The third-order valence-electron chi connectivity index (χ3n) is 4.35. The highest BCUT2D eigenvalue weighted by molar-refractivity contribution is 5.74. The normalized spacial score (nSPS) is 37.4. The maximum absolute atomic E-state index is 12.3. The van der Waals surface area contributed by atoms with Crippen LogP contribution in [0.1, 0.15) is 32.6 Å². The number of piperidine rings is 1. The van der Waals surface area contributed by atoms with Gasteiger partial charge in [-0.05, 0) is 32.6 Å². The summed E-state index contributed by atoms with van der Waals surface area (Å²) in [4.78, 5) is 16.3. The van der Waals surface area contributed by atoms with Crippen molar-refractivity contribution in [2.45, 2.75) is 44.8 Å². The van der Waals surface area contributed by atoms with Crippen molar-refractivity contribution in [1.82, 2.24) is 9.80 Å². The lowest BCUT2D eigenvalue weighted by Crippen LogP contribution is -2.49. The summed E-state index contributed by atoms with van der Waals surface area (Å²) in [5, 5.41) is 0. The summed E-state index contributed by atoms with van der Waals surface area (Å²) >= 11 is 0. The average molecular weight is 238 g/mol. The molecule has 2 amide bonds. The number of fused-ring (bicyclic) bond motifs is 1. The lowest BCUT2D eigenvalue weighted by molar-refractivity contribution is 0.0121. The number of carbonyl (C=O) groups is 1. The molecule has 0 aliphatic carbocycles. The Balaban J connectivity index is 1.60. The zero-order valence-corrected chi connectivity index (χ0v) is 10.6. The minimum absolute atomic E-state index is 0.264. The van der Waals surface area contributed by atoms with E-state index in [0.717, 1.165) is 39.0 Å². The fraction of sp³-hybridized carbons (Fsp3) is 0.923. The van der Waals surface area contributed by atoms with E-state index in [4.69, 9.17) is 4.74 Å². The van der Waals surface area contributed by atoms with Gasteiger partial charge in [-0.15, -0.1) is 0 Å². The highest BCUT2D eigenvalue weighted by Crippen LogP contribution is 2.33. The molecule has 0 radical (unpaired) electrons. The van der Waals surface area contributed by atoms with E-state index in [2.05, 4.69) is 6.92 Å². The first-order valence-corrected chi connectivity index (χ1v) is 6.93. The lowest BCUT2D eigenvalue weighted by atomic mass is 9.93. The molecule has 0 aromatic rings. The van der Waals surface area contributed by atoms with Crippen molar-refractivity contribution in [2.24, 2.45) is 5.92 Å². The van der Waals surface area contributed by atoms with Crippen LogP contribution in [0.4, 0.5) is 4.79 Å². The molecule has 0 unspecified atom stereocenters. The van der Waals surface area contributed by atoms with Gasteiger partial charge in [0.15, 0.2) is 0 Å². The number of hydrogen-bond acceptors (Lipinski definition) is 2. The lowest BCUT2D eigenvalue weighted by Gasteiger charge is -2.36. The number of rotatable bonds is 0. The van der Waals surface area contributed by atoms with Gasteiger partial charge in [0, 0.05) is 32.1 Å². The van der Waals surface area contributed by atoms with E-state index in [1.54, 1.807) is 0 Å². The van der Waals surface area contributed by atoms with Gasteiger partial charge in [0.25, 0.3) is 0 Å². The fourth-order valence-corrected chi connectivity index (χ4v) is 3.48. The molecule has 3 rings (SSSR count). The molecule has 0 spiro atoms. The quantitative estimate of drug-likeness (QED) is 0.643. The minimum Gasteiger partial charge on any atom is -0.375 e. The minimum atomic E-state index is 0.264. The van der Waals surface area contributed by atoms with Crippen molar-refractivity contribution in [1.29, 1.82) is 0 Å². The fourth-order valence-electron chi connectivity index (χ4n) is 3.48. The maximum Gasteiger partial charge on any atom is 0.320 e. The van der Waals surface area contributed by atoms with Crippen LogP contribution in [0.15, 0.2) is 0 Å². The maximum atomic E-state index is 12.3. The Morgan fingerprint density at radius 3 is 2.71 bits per heavy atom. The van der Waals surface area contributed by atoms with E-state index in [-0.39, 0.29) is 6.03 Å². The molecule has 0 N–H and O–H groups in total. The standard InChI is InChI=1S/C13H22N2O2/c1-10-8-11-9-15(7-4-12(11)17-10)13(16)14-5-2-3-6-14/h10-12H,2-9H2,1H3/t10-,11-,12+/m1/s1. The summed E-state index contributed by atoms with van der Waals surface area (Å²) in [6.45, 7) is 5.84. The van der Waals surface area contributed by atoms with Gasteiger partial charge in [-0.3, -0.25) is 0 Å². The molecule has 4 heteroatoms. The molecular formula is C13H22N2O2. The third-order valence-corrected chi connectivity index (χ3v) is 4.35. The summed E-state index contributed by atoms with van der Waals surface area (Å²) in [5.74, 6) is 0.574. The van der Waals surface area contributed by atoms with Gasteiger partial charge in [0.05, 0.1) is 12.2 Å². The first-order chi connectivity index (χ1) is 8.24. The summed E-state index contributed by atoms with van der Waals surface area (Å²) in [6.07, 6.45) is 5.28. The molecule has 0 bridgehead atoms. The second-order valence-corrected chi connectivity index (χ2v) is 5.69. The molecule has 96 valence electrons. The van der Waals surface area contributed by atoms with Crippen molar-refractivity contribution < 1.29 is 9.53 Å². The highest BCUT2D eigenvalue weighted by atomic mass is 16.5. The van der Waals surface area contributed by atoms with Crippen LogP contribution in [0.3, 0.4) is 0 Å². The van der Waals surface area contributed by atoms with E-state index in [9.17, 15) is 4.79 Å². The number of ether oxygens (including phenoxy) is 1. The Bertz CT molecular complexity index is 302. The van der Waals surface area contributed by atoms with E-state index in [1.165, 1.54) is 12.8 Å². The van der Waals surface area contributed by atoms with Crippen LogP contribution in [0.25, 0.3) is 0 Å². The number of hydrogen-bond donors (Lipinski definition) is 0. The van der Waals surface area contributed by atoms with E-state index >= 15 is 0 Å². The smallest absolute Gasteiger partial charge is 0.320 e. The monoisotopic (exact) mass is 238 g/mol. The molecule has 17 heavy (non-hydrogen) atoms. The average Bonchev–Trinajstić information content (AvgIpc) is 2.94. The second-order valence-electron chi connectivity index (χ2n) is 5.69. The van der Waals surface area contributed by atoms with Crippen molar-refractivity contribution in [3.63, 3.8) is 0 Å². The Kier molecular flexibility index (Phi) is 2.99. The van der Waals surface area contributed by atoms with E-state index < -0.39 is 0 Å². The third kappa shape index (κ3) is 2.15. The highest BCUT2D eigenvalue weighted by Gasteiger charge is 2.39. The van der Waals surface area contributed by atoms with Gasteiger partial charge in [-0.2, -0.15) is 0 Å². The summed E-state index contributed by atoms with van der Waals surface area (Å²) in [5.41, 5.74) is 0. The topological polar surface area (TPSA) is 32.8 Å². The molecule has 0 aromatic carbocycles. The molecule has 0 saturated carbocycles. The SMILES string of the molecule is C[C@@H]1C[C@@H]2CN(C(=O)N3CCCC3)CC[C@@H]2O1. The Morgan fingerprint density at radius 2 is 1.94 bits per heavy atom. The van der Waals surface area contributed by atoms with Gasteiger partial charge < -0.3 is 14.5 Å². The number of nitrogens with zero attached hydrogens (tertiary/aromatic N) is 2. The first kappa shape index (κ1) is 11.3. The number of amides is 2. The van der Waals surface area contributed by atoms with Crippen LogP contribution >= 0.6 is 0 Å². The van der Waals surface area contributed by atoms with Gasteiger partial charge in [0.2, 0.25) is 0 Å². The molecule has 0 aromatic heterocycles. The van der Waals surface area contributed by atoms with Gasteiger partial charge in [-0.25, -0.2) is 4.79 Å². The summed E-state index contributed by atoms with van der Waals surface area (Å²) in [7, 11) is 0. The molecule has 3 aliphatic heterocycles. The molecule has 3 aliphatic rings. The van der Waals surface area contributed by atoms with Gasteiger partial charge in [0.1, 0.15) is 0 Å². The van der Waals surface area contributed by atoms with Gasteiger partial charge >= 0.3 is 6.03 Å². The Morgan fingerprint density at radius 1 is 1.18 bits per heavy atom. The second kappa shape index (κ2) is 4.48. The zero-order valence-electron chi connectivity index (χ0n) is 10.6. The molecule has 4 nitrogen and oxygen atoms in total. The van der Waals surface area contributed by atoms with Crippen LogP contribution < -0.4 is 0 Å². The predicted molar refractivity (Wildman–Crippen MR) is 64.8 cm³/mol. The van der Waals surface area contributed by atoms with Crippen LogP contribution in [0, 0.1) is 5.92 Å². The largest absolute Gasteiger partial charge is 0.375 e. The Labute approximate surface area is 103 Å². The van der Waals surface area contributed by atoms with Crippen LogP contribution in [0.5, 0.6) is 0 Å². The van der Waals surface area contributed by atoms with Crippen molar-refractivity contribution in [3.8, 4) is 0 Å². The summed E-state index contributed by atoms with van der Waals surface area (Å²) < 4.78 is 5.87. The van der Waals surface area contributed by atoms with Crippen LogP contribution in [-0.4, -0.2) is 54.2 Å². The molecular weight excluding hydrogens is 216 g/mol. The van der Waals surface area contributed by atoms with E-state index in [0.29, 0.717) is 18.1 Å². The van der Waals surface area contributed by atoms with Gasteiger partial charge in [-0.1, -0.05) is 0 Å². The molecule has 3 heterocycles. The number of urea groups is 1. The molecule has 3 saturated heterocycles. The van der Waals surface area contributed by atoms with Crippen LogP contribution in [-0.2, 0) is 4.74 Å². The molecule has 3 atom stereocenters. The summed E-state index contributed by atoms with van der Waals surface area (Å²) in [6, 6.07) is 0.264. The van der Waals surface area contributed by atoms with Crippen molar-refractivity contribution >= 4 is 6.03 Å². The number of likely N-dealkylation sites (tertiary alicyclic amines) is 2. The first-order valence-electron chi connectivity index (χ1n) is 6.93. The molecule has 3 fully saturated rings. The van der Waals surface area contributed by atoms with Crippen LogP contribution in [0.2, 0.25) is 0 Å². The van der Waals surface area contributed by atoms with E-state index in [1.807, 2.05) is 9.80 Å². The zero-order chi connectivity index (χ0) is 11.8. The van der Waals surface area contributed by atoms with Crippen molar-refractivity contribution in [2.75, 3.05) is 26.2 Å². The number of carbonyl (C=O) groups excluding carboxylic acids is 1. The Hall–Kier alpha value is -0.770. The van der Waals surface area contributed by atoms with Crippen molar-refractivity contribution in [3.05, 3.63) is 0 Å². The predicted octanol–water partition coefficient (Wildman–Crippen LogP) is 1.70.